The van der Waals surface area contributed by atoms with Crippen LogP contribution in [0.25, 0.3) is 0 Å². The Labute approximate surface area is 197 Å². The fourth-order valence-electron chi connectivity index (χ4n) is 2.89. The smallest absolute Gasteiger partial charge is 0.337 e. The van der Waals surface area contributed by atoms with Crippen LogP contribution in [0.15, 0.2) is 48.5 Å². The Bertz CT molecular complexity index is 973. The maximum absolute atomic E-state index is 12.5. The highest BCUT2D eigenvalue weighted by Crippen LogP contribution is 2.12. The van der Waals surface area contributed by atoms with E-state index in [0.717, 1.165) is 5.56 Å². The standard InChI is InChI=1S/C24H27ClN2O6/c1-15(2)12-20(27-22(29)17-8-10-19(25)11-9-17)24(31)33-14-21(28)26-13-16-4-6-18(7-5-16)23(30)32-3/h4-11,15,20H,12-14H2,1-3H3,(H,26,28)(H,27,29)/t20-/m1/s1. The molecule has 0 fully saturated rings. The quantitative estimate of drug-likeness (QED) is 0.512. The Morgan fingerprint density at radius 3 is 2.12 bits per heavy atom. The first-order valence-electron chi connectivity index (χ1n) is 10.4. The third kappa shape index (κ3) is 8.57. The van der Waals surface area contributed by atoms with Crippen LogP contribution in [0, 0.1) is 5.92 Å². The number of hydrogen-bond donors (Lipinski definition) is 2. The van der Waals surface area contributed by atoms with Crippen molar-refractivity contribution in [3.05, 3.63) is 70.2 Å². The highest BCUT2D eigenvalue weighted by molar-refractivity contribution is 6.30. The van der Waals surface area contributed by atoms with Crippen molar-refractivity contribution in [2.24, 2.45) is 5.92 Å². The van der Waals surface area contributed by atoms with E-state index in [9.17, 15) is 19.2 Å². The molecular formula is C24H27ClN2O6. The van der Waals surface area contributed by atoms with Crippen LogP contribution in [0.5, 0.6) is 0 Å². The summed E-state index contributed by atoms with van der Waals surface area (Å²) in [5, 5.41) is 5.79. The molecule has 0 saturated heterocycles. The molecular weight excluding hydrogens is 448 g/mol. The van der Waals surface area contributed by atoms with Gasteiger partial charge in [0.05, 0.1) is 12.7 Å². The average molecular weight is 475 g/mol. The Morgan fingerprint density at radius 2 is 1.55 bits per heavy atom. The van der Waals surface area contributed by atoms with Crippen molar-refractivity contribution in [1.29, 1.82) is 0 Å². The molecule has 176 valence electrons. The monoisotopic (exact) mass is 474 g/mol. The lowest BCUT2D eigenvalue weighted by Crippen LogP contribution is -2.43. The number of rotatable bonds is 10. The number of carbonyl (C=O) groups is 4. The van der Waals surface area contributed by atoms with Gasteiger partial charge in [-0.3, -0.25) is 9.59 Å². The molecule has 0 aliphatic heterocycles. The fraction of sp³-hybridized carbons (Fsp3) is 0.333. The second kappa shape index (κ2) is 12.6. The van der Waals surface area contributed by atoms with Crippen molar-refractivity contribution in [3.63, 3.8) is 0 Å². The Morgan fingerprint density at radius 1 is 0.939 bits per heavy atom. The summed E-state index contributed by atoms with van der Waals surface area (Å²) < 4.78 is 9.77. The van der Waals surface area contributed by atoms with Gasteiger partial charge in [-0.1, -0.05) is 37.6 Å². The average Bonchev–Trinajstić information content (AvgIpc) is 2.80. The largest absolute Gasteiger partial charge is 0.465 e. The highest BCUT2D eigenvalue weighted by Gasteiger charge is 2.24. The van der Waals surface area contributed by atoms with Gasteiger partial charge in [-0.05, 0) is 54.3 Å². The van der Waals surface area contributed by atoms with Crippen LogP contribution in [-0.2, 0) is 25.6 Å². The lowest BCUT2D eigenvalue weighted by Gasteiger charge is -2.19. The molecule has 0 radical (unpaired) electrons. The minimum Gasteiger partial charge on any atom is -0.465 e. The van der Waals surface area contributed by atoms with Crippen molar-refractivity contribution in [3.8, 4) is 0 Å². The summed E-state index contributed by atoms with van der Waals surface area (Å²) in [7, 11) is 1.30. The summed E-state index contributed by atoms with van der Waals surface area (Å²) in [6.07, 6.45) is 0.353. The summed E-state index contributed by atoms with van der Waals surface area (Å²) in [6, 6.07) is 11.9. The molecule has 0 heterocycles. The van der Waals surface area contributed by atoms with Gasteiger partial charge in [0.1, 0.15) is 6.04 Å². The molecule has 33 heavy (non-hydrogen) atoms. The molecule has 9 heteroatoms. The number of halogens is 1. The SMILES string of the molecule is COC(=O)c1ccc(CNC(=O)COC(=O)[C@@H](CC(C)C)NC(=O)c2ccc(Cl)cc2)cc1. The molecule has 2 N–H and O–H groups in total. The molecule has 0 aliphatic rings. The molecule has 2 aromatic rings. The highest BCUT2D eigenvalue weighted by atomic mass is 35.5. The number of nitrogens with one attached hydrogen (secondary N) is 2. The van der Waals surface area contributed by atoms with Crippen molar-refractivity contribution in [2.45, 2.75) is 32.9 Å². The van der Waals surface area contributed by atoms with Crippen molar-refractivity contribution >= 4 is 35.4 Å². The molecule has 2 amide bonds. The molecule has 2 rings (SSSR count). The second-order valence-electron chi connectivity index (χ2n) is 7.74. The molecule has 0 bridgehead atoms. The molecule has 0 spiro atoms. The maximum atomic E-state index is 12.5. The molecule has 8 nitrogen and oxygen atoms in total. The summed E-state index contributed by atoms with van der Waals surface area (Å²) in [6.45, 7) is 3.53. The first-order chi connectivity index (χ1) is 15.7. The fourth-order valence-corrected chi connectivity index (χ4v) is 3.02. The van der Waals surface area contributed by atoms with Crippen LogP contribution < -0.4 is 10.6 Å². The van der Waals surface area contributed by atoms with E-state index in [2.05, 4.69) is 15.4 Å². The van der Waals surface area contributed by atoms with Crippen LogP contribution >= 0.6 is 11.6 Å². The van der Waals surface area contributed by atoms with E-state index >= 15 is 0 Å². The van der Waals surface area contributed by atoms with Crippen LogP contribution in [0.2, 0.25) is 5.02 Å². The summed E-state index contributed by atoms with van der Waals surface area (Å²) >= 11 is 5.84. The number of amides is 2. The van der Waals surface area contributed by atoms with E-state index < -0.39 is 36.4 Å². The molecule has 0 saturated carbocycles. The zero-order chi connectivity index (χ0) is 24.4. The molecule has 1 atom stereocenters. The predicted molar refractivity (Wildman–Crippen MR) is 123 cm³/mol. The van der Waals surface area contributed by atoms with Gasteiger partial charge < -0.3 is 20.1 Å². The van der Waals surface area contributed by atoms with E-state index in [-0.39, 0.29) is 12.5 Å². The number of hydrogen-bond acceptors (Lipinski definition) is 6. The van der Waals surface area contributed by atoms with Gasteiger partial charge in [0.15, 0.2) is 6.61 Å². The van der Waals surface area contributed by atoms with E-state index in [4.69, 9.17) is 16.3 Å². The Balaban J connectivity index is 1.86. The lowest BCUT2D eigenvalue weighted by atomic mass is 10.0. The van der Waals surface area contributed by atoms with Gasteiger partial charge >= 0.3 is 11.9 Å². The minimum absolute atomic E-state index is 0.106. The van der Waals surface area contributed by atoms with Gasteiger partial charge in [0.2, 0.25) is 0 Å². The number of carbonyl (C=O) groups excluding carboxylic acids is 4. The third-order valence-corrected chi connectivity index (χ3v) is 4.87. The van der Waals surface area contributed by atoms with Crippen LogP contribution in [-0.4, -0.2) is 43.5 Å². The molecule has 0 unspecified atom stereocenters. The van der Waals surface area contributed by atoms with Crippen molar-refractivity contribution < 1.29 is 28.7 Å². The van der Waals surface area contributed by atoms with E-state index in [1.165, 1.54) is 7.11 Å². The zero-order valence-electron chi connectivity index (χ0n) is 18.7. The van der Waals surface area contributed by atoms with E-state index in [0.29, 0.717) is 22.6 Å². The zero-order valence-corrected chi connectivity index (χ0v) is 19.5. The Kier molecular flexibility index (Phi) is 9.87. The van der Waals surface area contributed by atoms with Crippen molar-refractivity contribution in [1.82, 2.24) is 10.6 Å². The Hall–Kier alpha value is -3.39. The summed E-state index contributed by atoms with van der Waals surface area (Å²) in [5.74, 6) is -1.96. The molecule has 0 aliphatic carbocycles. The molecule has 0 aromatic heterocycles. The second-order valence-corrected chi connectivity index (χ2v) is 8.17. The van der Waals surface area contributed by atoms with E-state index in [1.54, 1.807) is 48.5 Å². The van der Waals surface area contributed by atoms with E-state index in [1.807, 2.05) is 13.8 Å². The van der Waals surface area contributed by atoms with Crippen LogP contribution in [0.3, 0.4) is 0 Å². The number of benzene rings is 2. The normalized spacial score (nSPS) is 11.4. The van der Waals surface area contributed by atoms with Gasteiger partial charge in [0, 0.05) is 17.1 Å². The first kappa shape index (κ1) is 25.9. The summed E-state index contributed by atoms with van der Waals surface area (Å²) in [5.41, 5.74) is 1.52. The van der Waals surface area contributed by atoms with Crippen LogP contribution in [0.1, 0.15) is 46.5 Å². The predicted octanol–water partition coefficient (Wildman–Crippen LogP) is 3.13. The van der Waals surface area contributed by atoms with Gasteiger partial charge in [-0.25, -0.2) is 9.59 Å². The van der Waals surface area contributed by atoms with Crippen molar-refractivity contribution in [2.75, 3.05) is 13.7 Å². The maximum Gasteiger partial charge on any atom is 0.337 e. The van der Waals surface area contributed by atoms with Gasteiger partial charge in [-0.2, -0.15) is 0 Å². The van der Waals surface area contributed by atoms with Gasteiger partial charge in [-0.15, -0.1) is 0 Å². The minimum atomic E-state index is -0.896. The first-order valence-corrected chi connectivity index (χ1v) is 10.7. The van der Waals surface area contributed by atoms with Crippen LogP contribution in [0.4, 0.5) is 0 Å². The topological polar surface area (TPSA) is 111 Å². The number of ether oxygens (including phenoxy) is 2. The third-order valence-electron chi connectivity index (χ3n) is 4.61. The lowest BCUT2D eigenvalue weighted by molar-refractivity contribution is -0.150. The van der Waals surface area contributed by atoms with Gasteiger partial charge in [0.25, 0.3) is 11.8 Å². The number of esters is 2. The summed E-state index contributed by atoms with van der Waals surface area (Å²) in [4.78, 5) is 48.5. The molecule has 2 aromatic carbocycles. The number of methoxy groups -OCH3 is 1.